The van der Waals surface area contributed by atoms with Crippen molar-refractivity contribution in [1.82, 2.24) is 15.1 Å². The average Bonchev–Trinajstić information content (AvgIpc) is 3.34. The van der Waals surface area contributed by atoms with Gasteiger partial charge < -0.3 is 14.8 Å². The summed E-state index contributed by atoms with van der Waals surface area (Å²) in [6, 6.07) is 0.201. The Labute approximate surface area is 185 Å². The number of hydrogen-bond donors (Lipinski definition) is 1. The van der Waals surface area contributed by atoms with Crippen LogP contribution in [0.25, 0.3) is 0 Å². The Bertz CT molecular complexity index is 801. The van der Waals surface area contributed by atoms with E-state index in [1.807, 2.05) is 0 Å². The number of aromatic nitrogens is 2. The highest BCUT2D eigenvalue weighted by molar-refractivity contribution is 5.96. The Balaban J connectivity index is 1.73. The predicted molar refractivity (Wildman–Crippen MR) is 119 cm³/mol. The number of nitrogens with one attached hydrogen (secondary N) is 1. The van der Waals surface area contributed by atoms with Gasteiger partial charge in [-0.15, -0.1) is 0 Å². The van der Waals surface area contributed by atoms with Crippen molar-refractivity contribution in [2.24, 2.45) is 29.6 Å². The zero-order valence-corrected chi connectivity index (χ0v) is 19.5. The number of allylic oxidation sites excluding steroid dienone is 1. The van der Waals surface area contributed by atoms with E-state index in [9.17, 15) is 9.59 Å². The first-order valence-electron chi connectivity index (χ1n) is 11.6. The third-order valence-corrected chi connectivity index (χ3v) is 6.24. The maximum atomic E-state index is 13.2. The Morgan fingerprint density at radius 1 is 1.29 bits per heavy atom. The van der Waals surface area contributed by atoms with Crippen molar-refractivity contribution in [2.75, 3.05) is 13.2 Å². The second-order valence-corrected chi connectivity index (χ2v) is 9.62. The van der Waals surface area contributed by atoms with Crippen LogP contribution in [0.5, 0.6) is 5.88 Å². The maximum Gasteiger partial charge on any atom is 0.330 e. The van der Waals surface area contributed by atoms with E-state index in [2.05, 4.69) is 38.1 Å². The Kier molecular flexibility index (Phi) is 7.79. The normalized spacial score (nSPS) is 27.6. The van der Waals surface area contributed by atoms with E-state index in [0.29, 0.717) is 54.9 Å². The number of hydrogen-bond acceptors (Lipinski definition) is 5. The summed E-state index contributed by atoms with van der Waals surface area (Å²) < 4.78 is 12.5. The van der Waals surface area contributed by atoms with Crippen LogP contribution in [0, 0.1) is 29.6 Å². The largest absolute Gasteiger partial charge is 0.477 e. The van der Waals surface area contributed by atoms with Crippen LogP contribution in [-0.2, 0) is 16.1 Å². The molecule has 3 rings (SSSR count). The molecular formula is C24H37N3O4. The lowest BCUT2D eigenvalue weighted by molar-refractivity contribution is -0.137. The van der Waals surface area contributed by atoms with Crippen molar-refractivity contribution in [1.29, 1.82) is 0 Å². The van der Waals surface area contributed by atoms with E-state index < -0.39 is 5.97 Å². The molecule has 0 saturated heterocycles. The first-order valence-corrected chi connectivity index (χ1v) is 11.6. The van der Waals surface area contributed by atoms with Gasteiger partial charge in [0.05, 0.1) is 26.0 Å². The Morgan fingerprint density at radius 3 is 2.77 bits per heavy atom. The van der Waals surface area contributed by atoms with Crippen LogP contribution in [0.15, 0.2) is 18.3 Å². The van der Waals surface area contributed by atoms with Gasteiger partial charge in [-0.25, -0.2) is 9.48 Å². The molecule has 1 N–H and O–H groups in total. The van der Waals surface area contributed by atoms with Gasteiger partial charge in [0.25, 0.3) is 5.91 Å². The van der Waals surface area contributed by atoms with Crippen LogP contribution < -0.4 is 10.1 Å². The van der Waals surface area contributed by atoms with Crippen LogP contribution in [0.3, 0.4) is 0 Å². The number of carbonyl (C=O) groups excluding carboxylic acids is 2. The molecule has 0 bridgehead atoms. The van der Waals surface area contributed by atoms with E-state index in [4.69, 9.17) is 9.47 Å². The molecule has 2 aliphatic rings. The molecule has 1 aromatic rings. The quantitative estimate of drug-likeness (QED) is 0.475. The standard InChI is InChI=1S/C24H37N3O4/c1-6-30-21(28)8-7-9-27-24(31-14-15(2)3)20(13-25-27)23(29)26-22-17(5)10-16(4)11-18-12-19(18)22/h7-8,13,15-19,22H,6,9-12,14H2,1-5H3,(H,26,29)/b8-7+. The lowest BCUT2D eigenvalue weighted by Gasteiger charge is -2.25. The number of esters is 1. The predicted octanol–water partition coefficient (Wildman–Crippen LogP) is 3.84. The topological polar surface area (TPSA) is 82.5 Å². The van der Waals surface area contributed by atoms with Gasteiger partial charge in [-0.05, 0) is 55.8 Å². The molecule has 7 heteroatoms. The first kappa shape index (κ1) is 23.4. The summed E-state index contributed by atoms with van der Waals surface area (Å²) in [6.07, 6.45) is 8.24. The summed E-state index contributed by atoms with van der Waals surface area (Å²) in [6.45, 7) is 11.6. The van der Waals surface area contributed by atoms with Crippen molar-refractivity contribution >= 4 is 11.9 Å². The molecule has 2 fully saturated rings. The van der Waals surface area contributed by atoms with Gasteiger partial charge in [-0.2, -0.15) is 5.10 Å². The van der Waals surface area contributed by atoms with Gasteiger partial charge >= 0.3 is 5.97 Å². The van der Waals surface area contributed by atoms with E-state index in [1.54, 1.807) is 23.9 Å². The van der Waals surface area contributed by atoms with Gasteiger partial charge in [0.15, 0.2) is 0 Å². The van der Waals surface area contributed by atoms with Gasteiger partial charge in [0, 0.05) is 12.1 Å². The molecule has 1 amide bonds. The average molecular weight is 432 g/mol. The minimum Gasteiger partial charge on any atom is -0.477 e. The van der Waals surface area contributed by atoms with Crippen molar-refractivity contribution in [3.8, 4) is 5.88 Å². The van der Waals surface area contributed by atoms with Crippen molar-refractivity contribution in [2.45, 2.75) is 66.5 Å². The minimum atomic E-state index is -0.396. The maximum absolute atomic E-state index is 13.2. The molecule has 7 nitrogen and oxygen atoms in total. The summed E-state index contributed by atoms with van der Waals surface area (Å²) in [7, 11) is 0. The van der Waals surface area contributed by atoms with Crippen LogP contribution in [0.1, 0.15) is 64.2 Å². The fraction of sp³-hybridized carbons (Fsp3) is 0.708. The second kappa shape index (κ2) is 10.3. The summed E-state index contributed by atoms with van der Waals surface area (Å²) in [5, 5.41) is 7.66. The van der Waals surface area contributed by atoms with Crippen LogP contribution in [0.2, 0.25) is 0 Å². The third-order valence-electron chi connectivity index (χ3n) is 6.24. The summed E-state index contributed by atoms with van der Waals surface area (Å²) in [5.41, 5.74) is 0.451. The smallest absolute Gasteiger partial charge is 0.330 e. The highest BCUT2D eigenvalue weighted by atomic mass is 16.5. The number of nitrogens with zero attached hydrogens (tertiary/aromatic N) is 2. The van der Waals surface area contributed by atoms with E-state index in [1.165, 1.54) is 18.9 Å². The number of carbonyl (C=O) groups is 2. The fourth-order valence-corrected chi connectivity index (χ4v) is 4.77. The zero-order chi connectivity index (χ0) is 22.5. The number of fused-ring (bicyclic) bond motifs is 1. The Morgan fingerprint density at radius 2 is 2.06 bits per heavy atom. The molecule has 1 heterocycles. The lowest BCUT2D eigenvalue weighted by atomic mass is 9.90. The van der Waals surface area contributed by atoms with Gasteiger partial charge in [-0.1, -0.05) is 33.8 Å². The highest BCUT2D eigenvalue weighted by Crippen LogP contribution is 2.51. The molecule has 172 valence electrons. The van der Waals surface area contributed by atoms with Gasteiger partial charge in [0.1, 0.15) is 5.56 Å². The summed E-state index contributed by atoms with van der Waals surface area (Å²) in [5.74, 6) is 2.74. The van der Waals surface area contributed by atoms with E-state index in [-0.39, 0.29) is 11.9 Å². The van der Waals surface area contributed by atoms with Gasteiger partial charge in [0.2, 0.25) is 5.88 Å². The van der Waals surface area contributed by atoms with Crippen LogP contribution in [0.4, 0.5) is 0 Å². The SMILES string of the molecule is CCOC(=O)/C=C/Cn1ncc(C(=O)NC2C(C)CC(C)CC3CC32)c1OCC(C)C. The molecule has 31 heavy (non-hydrogen) atoms. The number of ether oxygens (including phenoxy) is 2. The molecule has 0 spiro atoms. The molecule has 1 aromatic heterocycles. The molecule has 0 radical (unpaired) electrons. The number of amides is 1. The van der Waals surface area contributed by atoms with Gasteiger partial charge in [-0.3, -0.25) is 4.79 Å². The van der Waals surface area contributed by atoms with Crippen LogP contribution in [-0.4, -0.2) is 40.9 Å². The third kappa shape index (κ3) is 6.11. The molecular weight excluding hydrogens is 394 g/mol. The van der Waals surface area contributed by atoms with Crippen molar-refractivity contribution < 1.29 is 19.1 Å². The molecule has 5 unspecified atom stereocenters. The second-order valence-electron chi connectivity index (χ2n) is 9.62. The van der Waals surface area contributed by atoms with E-state index in [0.717, 1.165) is 12.3 Å². The summed E-state index contributed by atoms with van der Waals surface area (Å²) >= 11 is 0. The van der Waals surface area contributed by atoms with Crippen LogP contribution >= 0.6 is 0 Å². The highest BCUT2D eigenvalue weighted by Gasteiger charge is 2.48. The molecule has 0 aromatic carbocycles. The summed E-state index contributed by atoms with van der Waals surface area (Å²) in [4.78, 5) is 24.8. The molecule has 5 atom stereocenters. The Hall–Kier alpha value is -2.31. The van der Waals surface area contributed by atoms with Crippen molar-refractivity contribution in [3.63, 3.8) is 0 Å². The minimum absolute atomic E-state index is 0.128. The van der Waals surface area contributed by atoms with E-state index >= 15 is 0 Å². The lowest BCUT2D eigenvalue weighted by Crippen LogP contribution is -2.41. The fourth-order valence-electron chi connectivity index (χ4n) is 4.77. The van der Waals surface area contributed by atoms with Crippen molar-refractivity contribution in [3.05, 3.63) is 23.9 Å². The first-order chi connectivity index (χ1) is 14.8. The zero-order valence-electron chi connectivity index (χ0n) is 19.5. The molecule has 0 aliphatic heterocycles. The number of rotatable bonds is 9. The monoisotopic (exact) mass is 431 g/mol. The molecule has 2 aliphatic carbocycles. The molecule has 2 saturated carbocycles.